The predicted molar refractivity (Wildman–Crippen MR) is 60.3 cm³/mol. The molecule has 0 aromatic heterocycles. The summed E-state index contributed by atoms with van der Waals surface area (Å²) in [4.78, 5) is 10.6. The van der Waals surface area contributed by atoms with Crippen LogP contribution in [0.1, 0.15) is 64.7 Å². The van der Waals surface area contributed by atoms with Crippen LogP contribution < -0.4 is 0 Å². The van der Waals surface area contributed by atoms with Crippen molar-refractivity contribution in [2.45, 2.75) is 64.7 Å². The van der Waals surface area contributed by atoms with Crippen LogP contribution in [0.25, 0.3) is 0 Å². The molecule has 1 rings (SSSR count). The topological polar surface area (TPSA) is 17.1 Å². The summed E-state index contributed by atoms with van der Waals surface area (Å²) in [7, 11) is 0. The van der Waals surface area contributed by atoms with Crippen LogP contribution in [0.15, 0.2) is 0 Å². The molecule has 1 saturated carbocycles. The molecule has 1 aliphatic carbocycles. The third-order valence-electron chi connectivity index (χ3n) is 3.64. The zero-order valence-corrected chi connectivity index (χ0v) is 9.50. The summed E-state index contributed by atoms with van der Waals surface area (Å²) in [6, 6.07) is 0. The Morgan fingerprint density at radius 3 is 2.57 bits per heavy atom. The molecular formula is C13H24O. The quantitative estimate of drug-likeness (QED) is 0.588. The maximum absolute atomic E-state index is 10.6. The number of hydrogen-bond acceptors (Lipinski definition) is 1. The number of unbranched alkanes of at least 4 members (excludes halogenated alkanes) is 1. The predicted octanol–water partition coefficient (Wildman–Crippen LogP) is 3.96. The highest BCUT2D eigenvalue weighted by molar-refractivity contribution is 5.49. The summed E-state index contributed by atoms with van der Waals surface area (Å²) in [5.74, 6) is 1.56. The van der Waals surface area contributed by atoms with Crippen molar-refractivity contribution >= 4 is 6.29 Å². The fraction of sp³-hybridized carbons (Fsp3) is 0.923. The van der Waals surface area contributed by atoms with Crippen molar-refractivity contribution in [2.75, 3.05) is 0 Å². The van der Waals surface area contributed by atoms with Crippen LogP contribution in [0.5, 0.6) is 0 Å². The van der Waals surface area contributed by atoms with E-state index in [0.29, 0.717) is 5.92 Å². The third-order valence-corrected chi connectivity index (χ3v) is 3.64. The lowest BCUT2D eigenvalue weighted by atomic mass is 9.77. The van der Waals surface area contributed by atoms with Crippen LogP contribution in [0.4, 0.5) is 0 Å². The largest absolute Gasteiger partial charge is 0.303 e. The second-order valence-corrected chi connectivity index (χ2v) is 4.70. The van der Waals surface area contributed by atoms with Crippen molar-refractivity contribution in [3.8, 4) is 0 Å². The number of hydrogen-bond donors (Lipinski definition) is 0. The van der Waals surface area contributed by atoms with E-state index in [1.54, 1.807) is 0 Å². The zero-order valence-electron chi connectivity index (χ0n) is 9.50. The van der Waals surface area contributed by atoms with Gasteiger partial charge in [-0.05, 0) is 18.3 Å². The van der Waals surface area contributed by atoms with Gasteiger partial charge in [-0.1, -0.05) is 51.9 Å². The molecule has 0 heterocycles. The van der Waals surface area contributed by atoms with E-state index in [-0.39, 0.29) is 0 Å². The molecule has 82 valence electrons. The minimum atomic E-state index is 0.702. The molecule has 1 unspecified atom stereocenters. The van der Waals surface area contributed by atoms with Crippen molar-refractivity contribution < 1.29 is 4.79 Å². The van der Waals surface area contributed by atoms with E-state index in [4.69, 9.17) is 0 Å². The molecule has 0 bridgehead atoms. The Bertz CT molecular complexity index is 147. The molecule has 0 aromatic rings. The van der Waals surface area contributed by atoms with E-state index in [2.05, 4.69) is 6.92 Å². The van der Waals surface area contributed by atoms with E-state index in [1.165, 1.54) is 51.4 Å². The van der Waals surface area contributed by atoms with Crippen LogP contribution in [-0.2, 0) is 4.79 Å². The summed E-state index contributed by atoms with van der Waals surface area (Å²) in [6.07, 6.45) is 12.7. The summed E-state index contributed by atoms with van der Waals surface area (Å²) >= 11 is 0. The second-order valence-electron chi connectivity index (χ2n) is 4.70. The molecule has 0 amide bonds. The van der Waals surface area contributed by atoms with E-state index in [0.717, 1.165) is 18.6 Å². The Morgan fingerprint density at radius 1 is 1.29 bits per heavy atom. The Kier molecular flexibility index (Phi) is 5.89. The minimum Gasteiger partial charge on any atom is -0.303 e. The van der Waals surface area contributed by atoms with Crippen molar-refractivity contribution in [1.29, 1.82) is 0 Å². The third kappa shape index (κ3) is 3.81. The van der Waals surface area contributed by atoms with Gasteiger partial charge in [0.2, 0.25) is 0 Å². The van der Waals surface area contributed by atoms with Crippen molar-refractivity contribution in [1.82, 2.24) is 0 Å². The van der Waals surface area contributed by atoms with Gasteiger partial charge in [0.05, 0.1) is 0 Å². The van der Waals surface area contributed by atoms with Gasteiger partial charge in [0.25, 0.3) is 0 Å². The first-order valence-corrected chi connectivity index (χ1v) is 6.32. The average Bonchev–Trinajstić information content (AvgIpc) is 2.25. The first-order chi connectivity index (χ1) is 6.88. The minimum absolute atomic E-state index is 0.702. The molecule has 0 spiro atoms. The molecular weight excluding hydrogens is 172 g/mol. The van der Waals surface area contributed by atoms with Gasteiger partial charge in [0, 0.05) is 6.42 Å². The molecule has 1 heteroatoms. The summed E-state index contributed by atoms with van der Waals surface area (Å²) in [5, 5.41) is 0. The highest BCUT2D eigenvalue weighted by Crippen LogP contribution is 2.33. The summed E-state index contributed by atoms with van der Waals surface area (Å²) in [6.45, 7) is 2.23. The fourth-order valence-corrected chi connectivity index (χ4v) is 2.74. The Hall–Kier alpha value is -0.330. The maximum Gasteiger partial charge on any atom is 0.120 e. The number of rotatable bonds is 6. The SMILES string of the molecule is CCCCC(CC=O)C1CCCCC1. The fourth-order valence-electron chi connectivity index (χ4n) is 2.74. The smallest absolute Gasteiger partial charge is 0.120 e. The van der Waals surface area contributed by atoms with E-state index in [1.807, 2.05) is 0 Å². The lowest BCUT2D eigenvalue weighted by Gasteiger charge is -2.29. The Morgan fingerprint density at radius 2 is 2.00 bits per heavy atom. The van der Waals surface area contributed by atoms with Crippen molar-refractivity contribution in [3.63, 3.8) is 0 Å². The Labute approximate surface area is 88.3 Å². The summed E-state index contributed by atoms with van der Waals surface area (Å²) < 4.78 is 0. The molecule has 1 aliphatic rings. The van der Waals surface area contributed by atoms with Crippen molar-refractivity contribution in [2.24, 2.45) is 11.8 Å². The lowest BCUT2D eigenvalue weighted by molar-refractivity contribution is -0.109. The van der Waals surface area contributed by atoms with Gasteiger partial charge < -0.3 is 4.79 Å². The number of aldehydes is 1. The molecule has 0 aliphatic heterocycles. The van der Waals surface area contributed by atoms with Gasteiger partial charge >= 0.3 is 0 Å². The van der Waals surface area contributed by atoms with Crippen LogP contribution >= 0.6 is 0 Å². The second kappa shape index (κ2) is 7.03. The molecule has 1 atom stereocenters. The molecule has 0 radical (unpaired) electrons. The zero-order chi connectivity index (χ0) is 10.2. The lowest BCUT2D eigenvalue weighted by Crippen LogP contribution is -2.18. The average molecular weight is 196 g/mol. The van der Waals surface area contributed by atoms with E-state index in [9.17, 15) is 4.79 Å². The molecule has 0 N–H and O–H groups in total. The van der Waals surface area contributed by atoms with Gasteiger partial charge in [-0.25, -0.2) is 0 Å². The molecule has 0 aromatic carbocycles. The van der Waals surface area contributed by atoms with Gasteiger partial charge in [-0.2, -0.15) is 0 Å². The van der Waals surface area contributed by atoms with E-state index >= 15 is 0 Å². The molecule has 1 fully saturated rings. The van der Waals surface area contributed by atoms with Gasteiger partial charge in [-0.3, -0.25) is 0 Å². The Balaban J connectivity index is 2.34. The molecule has 1 nitrogen and oxygen atoms in total. The van der Waals surface area contributed by atoms with Crippen LogP contribution in [0.3, 0.4) is 0 Å². The normalized spacial score (nSPS) is 20.6. The highest BCUT2D eigenvalue weighted by atomic mass is 16.1. The maximum atomic E-state index is 10.6. The van der Waals surface area contributed by atoms with Gasteiger partial charge in [0.15, 0.2) is 0 Å². The first-order valence-electron chi connectivity index (χ1n) is 6.32. The van der Waals surface area contributed by atoms with Crippen molar-refractivity contribution in [3.05, 3.63) is 0 Å². The van der Waals surface area contributed by atoms with E-state index < -0.39 is 0 Å². The summed E-state index contributed by atoms with van der Waals surface area (Å²) in [5.41, 5.74) is 0. The highest BCUT2D eigenvalue weighted by Gasteiger charge is 2.22. The molecule has 14 heavy (non-hydrogen) atoms. The first kappa shape index (κ1) is 11.7. The van der Waals surface area contributed by atoms with Gasteiger partial charge in [-0.15, -0.1) is 0 Å². The standard InChI is InChI=1S/C13H24O/c1-2-3-7-13(10-11-14)12-8-5-4-6-9-12/h11-13H,2-10H2,1H3. The van der Waals surface area contributed by atoms with Crippen LogP contribution in [0.2, 0.25) is 0 Å². The monoisotopic (exact) mass is 196 g/mol. The van der Waals surface area contributed by atoms with Crippen LogP contribution in [0, 0.1) is 11.8 Å². The van der Waals surface area contributed by atoms with Crippen LogP contribution in [-0.4, -0.2) is 6.29 Å². The number of carbonyl (C=O) groups is 1. The number of carbonyl (C=O) groups excluding carboxylic acids is 1. The van der Waals surface area contributed by atoms with Gasteiger partial charge in [0.1, 0.15) is 6.29 Å². The molecule has 0 saturated heterocycles.